The van der Waals surface area contributed by atoms with Gasteiger partial charge in [0.25, 0.3) is 0 Å². The summed E-state index contributed by atoms with van der Waals surface area (Å²) in [6.45, 7) is 0.850. The van der Waals surface area contributed by atoms with Crippen LogP contribution < -0.4 is 5.32 Å². The maximum Gasteiger partial charge on any atom is 0.322 e. The van der Waals surface area contributed by atoms with Crippen molar-refractivity contribution >= 4 is 46.5 Å². The highest BCUT2D eigenvalue weighted by atomic mass is 35.5. The van der Waals surface area contributed by atoms with E-state index in [0.29, 0.717) is 40.3 Å². The van der Waals surface area contributed by atoms with Gasteiger partial charge in [0.05, 0.1) is 12.2 Å². The number of halogens is 3. The fourth-order valence-corrected chi connectivity index (χ4v) is 3.28. The lowest BCUT2D eigenvalue weighted by Crippen LogP contribution is -2.36. The van der Waals surface area contributed by atoms with E-state index in [4.69, 9.17) is 34.8 Å². The van der Waals surface area contributed by atoms with Crippen LogP contribution in [0.4, 0.5) is 10.5 Å². The predicted octanol–water partition coefficient (Wildman–Crippen LogP) is 6.32. The number of carbonyl (C=O) groups is 1. The van der Waals surface area contributed by atoms with E-state index in [-0.39, 0.29) is 6.03 Å². The molecule has 1 aromatic heterocycles. The summed E-state index contributed by atoms with van der Waals surface area (Å²) in [5, 5.41) is 4.68. The van der Waals surface area contributed by atoms with Gasteiger partial charge >= 0.3 is 6.03 Å². The average molecular weight is 435 g/mol. The quantitative estimate of drug-likeness (QED) is 0.493. The summed E-state index contributed by atoms with van der Waals surface area (Å²) in [6.07, 6.45) is 2.30. The molecule has 3 rings (SSSR count). The standard InChI is InChI=1S/C21H18Cl3N3O/c22-16-6-8-18(9-7-16)26-21(28)27(14-19-3-1-2-11-25-19)12-10-15-4-5-17(23)13-20(15)24/h1-9,11,13H,10,12,14H2,(H,26,28). The van der Waals surface area contributed by atoms with Crippen molar-refractivity contribution in [3.05, 3.63) is 93.2 Å². The largest absolute Gasteiger partial charge is 0.322 e. The highest BCUT2D eigenvalue weighted by Gasteiger charge is 2.16. The lowest BCUT2D eigenvalue weighted by Gasteiger charge is -2.23. The number of aromatic nitrogens is 1. The molecule has 1 N–H and O–H groups in total. The van der Waals surface area contributed by atoms with Crippen molar-refractivity contribution < 1.29 is 4.79 Å². The summed E-state index contributed by atoms with van der Waals surface area (Å²) >= 11 is 18.1. The number of anilines is 1. The maximum absolute atomic E-state index is 12.9. The Kier molecular flexibility index (Phi) is 7.15. The Morgan fingerprint density at radius 1 is 0.964 bits per heavy atom. The molecule has 144 valence electrons. The second kappa shape index (κ2) is 9.78. The van der Waals surface area contributed by atoms with Crippen LogP contribution in [0.3, 0.4) is 0 Å². The van der Waals surface area contributed by atoms with Crippen molar-refractivity contribution in [3.63, 3.8) is 0 Å². The summed E-state index contributed by atoms with van der Waals surface area (Å²) < 4.78 is 0. The number of pyridine rings is 1. The van der Waals surface area contributed by atoms with E-state index in [1.165, 1.54) is 0 Å². The Balaban J connectivity index is 1.73. The van der Waals surface area contributed by atoms with Crippen molar-refractivity contribution in [2.45, 2.75) is 13.0 Å². The molecular weight excluding hydrogens is 417 g/mol. The van der Waals surface area contributed by atoms with E-state index in [9.17, 15) is 4.79 Å². The summed E-state index contributed by atoms with van der Waals surface area (Å²) in [6, 6.07) is 17.8. The molecule has 0 unspecified atom stereocenters. The number of nitrogens with one attached hydrogen (secondary N) is 1. The maximum atomic E-state index is 12.9. The van der Waals surface area contributed by atoms with Crippen molar-refractivity contribution in [2.24, 2.45) is 0 Å². The predicted molar refractivity (Wildman–Crippen MR) is 115 cm³/mol. The molecule has 0 atom stereocenters. The van der Waals surface area contributed by atoms with Gasteiger partial charge in [-0.05, 0) is 60.5 Å². The second-order valence-electron chi connectivity index (χ2n) is 6.17. The highest BCUT2D eigenvalue weighted by molar-refractivity contribution is 6.35. The Morgan fingerprint density at radius 2 is 1.71 bits per heavy atom. The van der Waals surface area contributed by atoms with Crippen molar-refractivity contribution in [1.29, 1.82) is 0 Å². The van der Waals surface area contributed by atoms with Crippen molar-refractivity contribution in [2.75, 3.05) is 11.9 Å². The number of hydrogen-bond acceptors (Lipinski definition) is 2. The van der Waals surface area contributed by atoms with Crippen molar-refractivity contribution in [3.8, 4) is 0 Å². The Hall–Kier alpha value is -2.27. The minimum absolute atomic E-state index is 0.224. The number of nitrogens with zero attached hydrogens (tertiary/aromatic N) is 2. The molecular formula is C21H18Cl3N3O. The zero-order valence-electron chi connectivity index (χ0n) is 14.9. The number of benzene rings is 2. The molecule has 0 aliphatic rings. The van der Waals surface area contributed by atoms with Crippen molar-refractivity contribution in [1.82, 2.24) is 9.88 Å². The zero-order valence-corrected chi connectivity index (χ0v) is 17.2. The van der Waals surface area contributed by atoms with Gasteiger partial charge in [0, 0.05) is 33.5 Å². The summed E-state index contributed by atoms with van der Waals surface area (Å²) in [4.78, 5) is 18.9. The van der Waals surface area contributed by atoms with Gasteiger partial charge in [0.1, 0.15) is 0 Å². The van der Waals surface area contributed by atoms with Gasteiger partial charge < -0.3 is 10.2 Å². The summed E-state index contributed by atoms with van der Waals surface area (Å²) in [5.41, 5.74) is 2.40. The topological polar surface area (TPSA) is 45.2 Å². The number of amides is 2. The third-order valence-electron chi connectivity index (χ3n) is 4.13. The van der Waals surface area contributed by atoms with Gasteiger partial charge in [-0.1, -0.05) is 46.9 Å². The zero-order chi connectivity index (χ0) is 19.9. The first-order valence-electron chi connectivity index (χ1n) is 8.66. The number of hydrogen-bond donors (Lipinski definition) is 1. The van der Waals surface area contributed by atoms with Gasteiger partial charge in [-0.3, -0.25) is 4.98 Å². The molecule has 0 aliphatic heterocycles. The van der Waals surface area contributed by atoms with Gasteiger partial charge in [-0.15, -0.1) is 0 Å². The van der Waals surface area contributed by atoms with E-state index < -0.39 is 0 Å². The smallest absolute Gasteiger partial charge is 0.318 e. The van der Waals surface area contributed by atoms with E-state index in [1.54, 1.807) is 47.5 Å². The molecule has 3 aromatic rings. The third kappa shape index (κ3) is 5.86. The molecule has 1 heterocycles. The fraction of sp³-hybridized carbons (Fsp3) is 0.143. The minimum Gasteiger partial charge on any atom is -0.318 e. The van der Waals surface area contributed by atoms with Crippen LogP contribution in [-0.4, -0.2) is 22.5 Å². The third-order valence-corrected chi connectivity index (χ3v) is 4.97. The van der Waals surface area contributed by atoms with Crippen LogP contribution in [0.1, 0.15) is 11.3 Å². The fourth-order valence-electron chi connectivity index (χ4n) is 2.66. The SMILES string of the molecule is O=C(Nc1ccc(Cl)cc1)N(CCc1ccc(Cl)cc1Cl)Cc1ccccn1. The molecule has 0 radical (unpaired) electrons. The molecule has 0 aliphatic carbocycles. The monoisotopic (exact) mass is 433 g/mol. The number of carbonyl (C=O) groups excluding carboxylic acids is 1. The molecule has 0 saturated carbocycles. The molecule has 7 heteroatoms. The second-order valence-corrected chi connectivity index (χ2v) is 7.45. The van der Waals surface area contributed by atoms with Crippen LogP contribution in [0.25, 0.3) is 0 Å². The van der Waals surface area contributed by atoms with Crippen LogP contribution in [0, 0.1) is 0 Å². The first-order valence-corrected chi connectivity index (χ1v) is 9.80. The van der Waals surface area contributed by atoms with Crippen LogP contribution in [0.15, 0.2) is 66.9 Å². The highest BCUT2D eigenvalue weighted by Crippen LogP contribution is 2.22. The molecule has 0 spiro atoms. The first-order chi connectivity index (χ1) is 13.5. The Bertz CT molecular complexity index is 933. The summed E-state index contributed by atoms with van der Waals surface area (Å²) in [5.74, 6) is 0. The van der Waals surface area contributed by atoms with Gasteiger partial charge in [0.2, 0.25) is 0 Å². The number of rotatable bonds is 6. The van der Waals surface area contributed by atoms with Crippen LogP contribution in [-0.2, 0) is 13.0 Å². The molecule has 4 nitrogen and oxygen atoms in total. The molecule has 0 fully saturated rings. The van der Waals surface area contributed by atoms with Gasteiger partial charge in [-0.2, -0.15) is 0 Å². The van der Waals surface area contributed by atoms with Crippen LogP contribution >= 0.6 is 34.8 Å². The lowest BCUT2D eigenvalue weighted by molar-refractivity contribution is 0.209. The Labute approximate surface area is 179 Å². The molecule has 28 heavy (non-hydrogen) atoms. The van der Waals surface area contributed by atoms with Crippen LogP contribution in [0.5, 0.6) is 0 Å². The number of urea groups is 1. The molecule has 0 saturated heterocycles. The lowest BCUT2D eigenvalue weighted by atomic mass is 10.1. The summed E-state index contributed by atoms with van der Waals surface area (Å²) in [7, 11) is 0. The van der Waals surface area contributed by atoms with Gasteiger partial charge in [-0.25, -0.2) is 4.79 Å². The van der Waals surface area contributed by atoms with Gasteiger partial charge in [0.15, 0.2) is 0 Å². The molecule has 2 aromatic carbocycles. The van der Waals surface area contributed by atoms with E-state index >= 15 is 0 Å². The first kappa shape index (κ1) is 20.5. The van der Waals surface area contributed by atoms with Crippen LogP contribution in [0.2, 0.25) is 15.1 Å². The molecule has 0 bridgehead atoms. The normalized spacial score (nSPS) is 10.5. The van der Waals surface area contributed by atoms with E-state index in [0.717, 1.165) is 11.3 Å². The average Bonchev–Trinajstić information content (AvgIpc) is 2.69. The minimum atomic E-state index is -0.224. The molecule has 2 amide bonds. The Morgan fingerprint density at radius 3 is 2.39 bits per heavy atom. The van der Waals surface area contributed by atoms with E-state index in [2.05, 4.69) is 10.3 Å². The van der Waals surface area contributed by atoms with E-state index in [1.807, 2.05) is 24.3 Å².